The van der Waals surface area contributed by atoms with Crippen molar-refractivity contribution in [2.45, 2.75) is 32.2 Å². The third kappa shape index (κ3) is 3.45. The lowest BCUT2D eigenvalue weighted by atomic mass is 9.99. The summed E-state index contributed by atoms with van der Waals surface area (Å²) in [5, 5.41) is 3.36. The SMILES string of the molecule is COCCC(C)C(=O)c1cccn1C1CCNCC1. The highest BCUT2D eigenvalue weighted by Crippen LogP contribution is 2.23. The van der Waals surface area contributed by atoms with Crippen LogP contribution in [-0.2, 0) is 4.74 Å². The molecule has 1 saturated heterocycles. The van der Waals surface area contributed by atoms with E-state index in [9.17, 15) is 4.79 Å². The van der Waals surface area contributed by atoms with Gasteiger partial charge in [-0.15, -0.1) is 0 Å². The van der Waals surface area contributed by atoms with Crippen LogP contribution < -0.4 is 5.32 Å². The van der Waals surface area contributed by atoms with Gasteiger partial charge in [0.15, 0.2) is 5.78 Å². The molecule has 0 spiro atoms. The van der Waals surface area contributed by atoms with Crippen LogP contribution in [0.25, 0.3) is 0 Å². The van der Waals surface area contributed by atoms with E-state index in [0.717, 1.165) is 38.0 Å². The third-order valence-corrected chi connectivity index (χ3v) is 3.94. The Balaban J connectivity index is 2.07. The maximum Gasteiger partial charge on any atom is 0.182 e. The number of methoxy groups -OCH3 is 1. The molecule has 0 aliphatic carbocycles. The van der Waals surface area contributed by atoms with E-state index < -0.39 is 0 Å². The first kappa shape index (κ1) is 14.3. The zero-order valence-electron chi connectivity index (χ0n) is 11.9. The first-order valence-electron chi connectivity index (χ1n) is 7.14. The molecule has 1 aromatic rings. The van der Waals surface area contributed by atoms with E-state index in [1.165, 1.54) is 0 Å². The van der Waals surface area contributed by atoms with E-state index in [0.29, 0.717) is 12.6 Å². The molecule has 106 valence electrons. The fourth-order valence-corrected chi connectivity index (χ4v) is 2.68. The van der Waals surface area contributed by atoms with Gasteiger partial charge in [-0.3, -0.25) is 4.79 Å². The molecular formula is C15H24N2O2. The minimum Gasteiger partial charge on any atom is -0.385 e. The van der Waals surface area contributed by atoms with Crippen molar-refractivity contribution in [1.82, 2.24) is 9.88 Å². The number of carbonyl (C=O) groups excluding carboxylic acids is 1. The number of nitrogens with zero attached hydrogens (tertiary/aromatic N) is 1. The highest BCUT2D eigenvalue weighted by atomic mass is 16.5. The molecule has 4 nitrogen and oxygen atoms in total. The topological polar surface area (TPSA) is 43.3 Å². The molecule has 1 aliphatic heterocycles. The standard InChI is InChI=1S/C15H24N2O2/c1-12(7-11-19-2)15(18)14-4-3-10-17(14)13-5-8-16-9-6-13/h3-4,10,12-13,16H,5-9,11H2,1-2H3. The normalized spacial score (nSPS) is 18.4. The molecule has 0 bridgehead atoms. The molecule has 1 unspecified atom stereocenters. The Bertz CT molecular complexity index is 408. The fourth-order valence-electron chi connectivity index (χ4n) is 2.68. The summed E-state index contributed by atoms with van der Waals surface area (Å²) in [7, 11) is 1.68. The smallest absolute Gasteiger partial charge is 0.182 e. The molecule has 0 aromatic carbocycles. The van der Waals surface area contributed by atoms with E-state index in [1.807, 2.05) is 25.3 Å². The van der Waals surface area contributed by atoms with Crippen LogP contribution in [0.5, 0.6) is 0 Å². The van der Waals surface area contributed by atoms with Gasteiger partial charge in [-0.25, -0.2) is 0 Å². The Hall–Kier alpha value is -1.13. The van der Waals surface area contributed by atoms with Crippen LogP contribution in [0, 0.1) is 5.92 Å². The summed E-state index contributed by atoms with van der Waals surface area (Å²) in [6.45, 7) is 4.70. The van der Waals surface area contributed by atoms with Crippen molar-refractivity contribution in [3.8, 4) is 0 Å². The zero-order valence-corrected chi connectivity index (χ0v) is 11.9. The van der Waals surface area contributed by atoms with Gasteiger partial charge in [-0.1, -0.05) is 6.92 Å². The molecule has 1 aromatic heterocycles. The Labute approximate surface area is 115 Å². The van der Waals surface area contributed by atoms with E-state index in [1.54, 1.807) is 7.11 Å². The van der Waals surface area contributed by atoms with Gasteiger partial charge in [0, 0.05) is 31.9 Å². The van der Waals surface area contributed by atoms with Crippen molar-refractivity contribution in [3.05, 3.63) is 24.0 Å². The predicted octanol–water partition coefficient (Wildman–Crippen LogP) is 2.27. The molecule has 4 heteroatoms. The number of aromatic nitrogens is 1. The number of Topliss-reactive ketones (excluding diaryl/α,β-unsaturated/α-hetero) is 1. The molecular weight excluding hydrogens is 240 g/mol. The van der Waals surface area contributed by atoms with Gasteiger partial charge in [0.1, 0.15) is 0 Å². The second-order valence-electron chi connectivity index (χ2n) is 5.33. The Morgan fingerprint density at radius 3 is 2.95 bits per heavy atom. The minimum atomic E-state index is 0.0234. The molecule has 1 fully saturated rings. The number of hydrogen-bond acceptors (Lipinski definition) is 3. The molecule has 1 aliphatic rings. The number of ether oxygens (including phenoxy) is 1. The lowest BCUT2D eigenvalue weighted by molar-refractivity contribution is 0.0881. The summed E-state index contributed by atoms with van der Waals surface area (Å²) in [4.78, 5) is 12.5. The molecule has 2 heterocycles. The summed E-state index contributed by atoms with van der Waals surface area (Å²) in [5.41, 5.74) is 0.857. The van der Waals surface area contributed by atoms with E-state index >= 15 is 0 Å². The first-order chi connectivity index (χ1) is 9.24. The van der Waals surface area contributed by atoms with Crippen LogP contribution in [0.2, 0.25) is 0 Å². The average Bonchev–Trinajstić information content (AvgIpc) is 2.94. The number of nitrogens with one attached hydrogen (secondary N) is 1. The zero-order chi connectivity index (χ0) is 13.7. The van der Waals surface area contributed by atoms with Gasteiger partial charge in [0.05, 0.1) is 5.69 Å². The van der Waals surface area contributed by atoms with E-state index in [4.69, 9.17) is 4.74 Å². The molecule has 1 atom stereocenters. The van der Waals surface area contributed by atoms with Gasteiger partial charge in [-0.05, 0) is 44.5 Å². The van der Waals surface area contributed by atoms with Crippen molar-refractivity contribution in [2.24, 2.45) is 5.92 Å². The number of rotatable bonds is 6. The van der Waals surface area contributed by atoms with Crippen LogP contribution in [0.1, 0.15) is 42.7 Å². The Morgan fingerprint density at radius 2 is 2.26 bits per heavy atom. The number of ketones is 1. The maximum absolute atomic E-state index is 12.5. The minimum absolute atomic E-state index is 0.0234. The van der Waals surface area contributed by atoms with Gasteiger partial charge in [0.25, 0.3) is 0 Å². The molecule has 0 radical (unpaired) electrons. The molecule has 0 amide bonds. The fraction of sp³-hybridized carbons (Fsp3) is 0.667. The van der Waals surface area contributed by atoms with Crippen molar-refractivity contribution in [2.75, 3.05) is 26.8 Å². The van der Waals surface area contributed by atoms with E-state index in [2.05, 4.69) is 9.88 Å². The first-order valence-corrected chi connectivity index (χ1v) is 7.14. The second-order valence-corrected chi connectivity index (χ2v) is 5.33. The molecule has 2 rings (SSSR count). The lowest BCUT2D eigenvalue weighted by Gasteiger charge is -2.26. The lowest BCUT2D eigenvalue weighted by Crippen LogP contribution is -2.30. The van der Waals surface area contributed by atoms with Crippen molar-refractivity contribution in [3.63, 3.8) is 0 Å². The number of hydrogen-bond donors (Lipinski definition) is 1. The predicted molar refractivity (Wildman–Crippen MR) is 75.6 cm³/mol. The summed E-state index contributed by atoms with van der Waals surface area (Å²) in [6.07, 6.45) is 5.03. The molecule has 1 N–H and O–H groups in total. The number of carbonyl (C=O) groups is 1. The quantitative estimate of drug-likeness (QED) is 0.802. The molecule has 0 saturated carbocycles. The summed E-state index contributed by atoms with van der Waals surface area (Å²) in [6, 6.07) is 4.40. The Kier molecular flexibility index (Phi) is 5.16. The van der Waals surface area contributed by atoms with Crippen LogP contribution in [-0.4, -0.2) is 37.2 Å². The van der Waals surface area contributed by atoms with Crippen molar-refractivity contribution in [1.29, 1.82) is 0 Å². The highest BCUT2D eigenvalue weighted by molar-refractivity contribution is 5.96. The third-order valence-electron chi connectivity index (χ3n) is 3.94. The summed E-state index contributed by atoms with van der Waals surface area (Å²) >= 11 is 0. The van der Waals surface area contributed by atoms with Crippen molar-refractivity contribution < 1.29 is 9.53 Å². The van der Waals surface area contributed by atoms with E-state index in [-0.39, 0.29) is 11.7 Å². The molecule has 19 heavy (non-hydrogen) atoms. The van der Waals surface area contributed by atoms with Crippen LogP contribution >= 0.6 is 0 Å². The van der Waals surface area contributed by atoms with Crippen molar-refractivity contribution >= 4 is 5.78 Å². The summed E-state index contributed by atoms with van der Waals surface area (Å²) in [5.74, 6) is 0.260. The monoisotopic (exact) mass is 264 g/mol. The van der Waals surface area contributed by atoms with Crippen LogP contribution in [0.15, 0.2) is 18.3 Å². The Morgan fingerprint density at radius 1 is 1.53 bits per heavy atom. The average molecular weight is 264 g/mol. The van der Waals surface area contributed by atoms with Crippen LogP contribution in [0.4, 0.5) is 0 Å². The number of piperidine rings is 1. The maximum atomic E-state index is 12.5. The second kappa shape index (κ2) is 6.87. The summed E-state index contributed by atoms with van der Waals surface area (Å²) < 4.78 is 7.23. The van der Waals surface area contributed by atoms with Gasteiger partial charge < -0.3 is 14.6 Å². The largest absolute Gasteiger partial charge is 0.385 e. The highest BCUT2D eigenvalue weighted by Gasteiger charge is 2.22. The van der Waals surface area contributed by atoms with Gasteiger partial charge in [-0.2, -0.15) is 0 Å². The van der Waals surface area contributed by atoms with Gasteiger partial charge >= 0.3 is 0 Å². The van der Waals surface area contributed by atoms with Crippen LogP contribution in [0.3, 0.4) is 0 Å². The van der Waals surface area contributed by atoms with Gasteiger partial charge in [0.2, 0.25) is 0 Å².